The lowest BCUT2D eigenvalue weighted by Gasteiger charge is -2.74. The molecule has 7 atom stereocenters. The van der Waals surface area contributed by atoms with Crippen LogP contribution in [-0.2, 0) is 16.6 Å². The lowest BCUT2D eigenvalue weighted by molar-refractivity contribution is -0.270. The lowest BCUT2D eigenvalue weighted by atomic mass is 9.33. The van der Waals surface area contributed by atoms with Crippen LogP contribution in [0.25, 0.3) is 0 Å². The highest BCUT2D eigenvalue weighted by molar-refractivity contribution is 5.65. The van der Waals surface area contributed by atoms with E-state index < -0.39 is 17.1 Å². The van der Waals surface area contributed by atoms with Crippen molar-refractivity contribution in [3.63, 3.8) is 0 Å². The minimum absolute atomic E-state index is 0.193. The minimum Gasteiger partial charge on any atom is -0.504 e. The quantitative estimate of drug-likeness (QED) is 0.610. The number of aliphatic hydroxyl groups excluding tert-OH is 1. The van der Waals surface area contributed by atoms with Crippen LogP contribution in [0, 0.1) is 16.7 Å². The Bertz CT molecular complexity index is 1290. The van der Waals surface area contributed by atoms with Crippen LogP contribution in [0.2, 0.25) is 0 Å². The van der Waals surface area contributed by atoms with Crippen LogP contribution in [0.4, 0.5) is 0 Å². The molecule has 5 heteroatoms. The van der Waals surface area contributed by atoms with E-state index in [2.05, 4.69) is 30.0 Å². The molecule has 2 aliphatic heterocycles. The van der Waals surface area contributed by atoms with Gasteiger partial charge in [0.1, 0.15) is 11.7 Å². The molecule has 2 saturated carbocycles. The highest BCUT2D eigenvalue weighted by Gasteiger charge is 2.82. The molecular weight excluding hydrogens is 450 g/mol. The molecule has 7 aliphatic rings. The standard InChI is InChI=1S/C31H35NO4/c1-28(26(34)20-6-4-3-5-7-20)18-29-12-13-31(28,35-2)27-30(29)14-15-32(17-19-8-9-19)23(29)16-21-10-11-22(33)25(36-27)24(21)30/h3-7,10-13,19,23,26-27,33-34H,8-9,14-18H2,1-2H3/t23?,26-,27+,28?,29?,30+,31+/m1/s1. The lowest BCUT2D eigenvalue weighted by Crippen LogP contribution is -2.81. The molecule has 4 bridgehead atoms. The second-order valence-corrected chi connectivity index (χ2v) is 12.6. The zero-order valence-electron chi connectivity index (χ0n) is 21.1. The van der Waals surface area contributed by atoms with Gasteiger partial charge in [-0.05, 0) is 61.8 Å². The molecule has 2 spiro atoms. The van der Waals surface area contributed by atoms with Gasteiger partial charge in [-0.2, -0.15) is 0 Å². The second-order valence-electron chi connectivity index (χ2n) is 12.6. The summed E-state index contributed by atoms with van der Waals surface area (Å²) >= 11 is 0. The first kappa shape index (κ1) is 21.7. The summed E-state index contributed by atoms with van der Waals surface area (Å²) in [5.74, 6) is 1.69. The van der Waals surface area contributed by atoms with Crippen LogP contribution in [0.3, 0.4) is 0 Å². The van der Waals surface area contributed by atoms with E-state index in [0.29, 0.717) is 11.8 Å². The third-order valence-corrected chi connectivity index (χ3v) is 11.2. The first-order chi connectivity index (χ1) is 17.4. The molecular formula is C31H35NO4. The van der Waals surface area contributed by atoms with Crippen LogP contribution in [-0.4, -0.2) is 53.1 Å². The predicted molar refractivity (Wildman–Crippen MR) is 136 cm³/mol. The largest absolute Gasteiger partial charge is 0.504 e. The monoisotopic (exact) mass is 485 g/mol. The molecule has 2 aromatic carbocycles. The average Bonchev–Trinajstić information content (AvgIpc) is 3.64. The maximum absolute atomic E-state index is 12.1. The summed E-state index contributed by atoms with van der Waals surface area (Å²) in [6, 6.07) is 14.3. The Labute approximate surface area is 212 Å². The number of piperidine rings is 1. The number of phenolic OH excluding ortho intramolecular Hbond substituents is 1. The molecule has 3 fully saturated rings. The summed E-state index contributed by atoms with van der Waals surface area (Å²) in [6.07, 6.45) is 9.13. The zero-order chi connectivity index (χ0) is 24.5. The topological polar surface area (TPSA) is 62.2 Å². The van der Waals surface area contributed by atoms with Gasteiger partial charge in [0.2, 0.25) is 0 Å². The fourth-order valence-electron chi connectivity index (χ4n) is 9.54. The summed E-state index contributed by atoms with van der Waals surface area (Å²) in [4.78, 5) is 2.76. The highest BCUT2D eigenvalue weighted by atomic mass is 16.6. The van der Waals surface area contributed by atoms with Gasteiger partial charge in [-0.25, -0.2) is 0 Å². The third kappa shape index (κ3) is 2.22. The van der Waals surface area contributed by atoms with Gasteiger partial charge in [0, 0.05) is 36.1 Å². The number of methoxy groups -OCH3 is 1. The summed E-state index contributed by atoms with van der Waals surface area (Å²) in [5, 5.41) is 23.1. The molecule has 0 aromatic heterocycles. The molecule has 2 aromatic rings. The number of aliphatic hydroxyl groups is 1. The minimum atomic E-state index is -0.826. The fraction of sp³-hybridized carbons (Fsp3) is 0.548. The van der Waals surface area contributed by atoms with Crippen molar-refractivity contribution in [2.24, 2.45) is 16.7 Å². The Morgan fingerprint density at radius 2 is 1.94 bits per heavy atom. The average molecular weight is 486 g/mol. The molecule has 36 heavy (non-hydrogen) atoms. The van der Waals surface area contributed by atoms with Crippen molar-refractivity contribution in [3.8, 4) is 11.5 Å². The Morgan fingerprint density at radius 3 is 2.69 bits per heavy atom. The van der Waals surface area contributed by atoms with Crippen LogP contribution in [0.5, 0.6) is 11.5 Å². The fourth-order valence-corrected chi connectivity index (χ4v) is 9.54. The highest BCUT2D eigenvalue weighted by Crippen LogP contribution is 2.78. The Kier molecular flexibility index (Phi) is 4.07. The van der Waals surface area contributed by atoms with Gasteiger partial charge >= 0.3 is 0 Å². The smallest absolute Gasteiger partial charge is 0.165 e. The molecule has 2 N–H and O–H groups in total. The number of phenols is 1. The normalized spacial score (nSPS) is 42.2. The van der Waals surface area contributed by atoms with Gasteiger partial charge in [-0.3, -0.25) is 4.90 Å². The van der Waals surface area contributed by atoms with Crippen molar-refractivity contribution in [1.29, 1.82) is 0 Å². The number of rotatable bonds is 5. The van der Waals surface area contributed by atoms with Crippen LogP contribution in [0.1, 0.15) is 55.4 Å². The Morgan fingerprint density at radius 1 is 1.14 bits per heavy atom. The van der Waals surface area contributed by atoms with E-state index in [9.17, 15) is 10.2 Å². The number of ether oxygens (including phenoxy) is 2. The number of aromatic hydroxyl groups is 1. The van der Waals surface area contributed by atoms with Crippen molar-refractivity contribution in [2.45, 2.75) is 68.3 Å². The molecule has 3 unspecified atom stereocenters. The summed E-state index contributed by atoms with van der Waals surface area (Å²) < 4.78 is 13.4. The van der Waals surface area contributed by atoms with Gasteiger partial charge in [-0.1, -0.05) is 55.5 Å². The maximum Gasteiger partial charge on any atom is 0.165 e. The Balaban J connectivity index is 1.38. The molecule has 188 valence electrons. The number of hydrogen-bond acceptors (Lipinski definition) is 5. The third-order valence-electron chi connectivity index (χ3n) is 11.2. The van der Waals surface area contributed by atoms with Gasteiger partial charge in [-0.15, -0.1) is 0 Å². The van der Waals surface area contributed by atoms with Crippen LogP contribution in [0.15, 0.2) is 54.6 Å². The molecule has 5 nitrogen and oxygen atoms in total. The summed E-state index contributed by atoms with van der Waals surface area (Å²) in [6.45, 7) is 4.41. The van der Waals surface area contributed by atoms with Crippen molar-refractivity contribution < 1.29 is 19.7 Å². The van der Waals surface area contributed by atoms with Gasteiger partial charge in [0.15, 0.2) is 11.5 Å². The molecule has 5 aliphatic carbocycles. The van der Waals surface area contributed by atoms with E-state index in [1.54, 1.807) is 7.11 Å². The second kappa shape index (κ2) is 6.75. The van der Waals surface area contributed by atoms with E-state index in [0.717, 1.165) is 43.8 Å². The van der Waals surface area contributed by atoms with Crippen molar-refractivity contribution in [1.82, 2.24) is 4.90 Å². The van der Waals surface area contributed by atoms with Crippen LogP contribution < -0.4 is 4.74 Å². The molecule has 0 radical (unpaired) electrons. The number of hydrogen-bond donors (Lipinski definition) is 2. The van der Waals surface area contributed by atoms with Crippen molar-refractivity contribution >= 4 is 0 Å². The van der Waals surface area contributed by atoms with E-state index >= 15 is 0 Å². The first-order valence-corrected chi connectivity index (χ1v) is 13.6. The first-order valence-electron chi connectivity index (χ1n) is 13.6. The van der Waals surface area contributed by atoms with E-state index in [4.69, 9.17) is 9.47 Å². The van der Waals surface area contributed by atoms with E-state index in [1.165, 1.54) is 24.0 Å². The summed E-state index contributed by atoms with van der Waals surface area (Å²) in [5.41, 5.74) is 1.56. The van der Waals surface area contributed by atoms with E-state index in [-0.39, 0.29) is 22.7 Å². The van der Waals surface area contributed by atoms with E-state index in [1.807, 2.05) is 36.4 Å². The molecule has 2 heterocycles. The number of benzene rings is 2. The van der Waals surface area contributed by atoms with Crippen molar-refractivity contribution in [3.05, 3.63) is 71.3 Å². The van der Waals surface area contributed by atoms with Crippen molar-refractivity contribution in [2.75, 3.05) is 20.2 Å². The van der Waals surface area contributed by atoms with Gasteiger partial charge < -0.3 is 19.7 Å². The van der Waals surface area contributed by atoms with Crippen LogP contribution >= 0.6 is 0 Å². The zero-order valence-corrected chi connectivity index (χ0v) is 21.1. The SMILES string of the molecule is CO[C@]12C=CC3(CC1(C)[C@H](O)c1ccccc1)C1Cc4ccc(O)c5c4[C@@]3(CCN1CC1CC1)[C@@H]2O5. The Hall–Kier alpha value is -2.34. The molecule has 9 rings (SSSR count). The predicted octanol–water partition coefficient (Wildman–Crippen LogP) is 4.52. The number of fused-ring (bicyclic) bond motifs is 1. The molecule has 1 saturated heterocycles. The van der Waals surface area contributed by atoms with Gasteiger partial charge in [0.25, 0.3) is 0 Å². The summed E-state index contributed by atoms with van der Waals surface area (Å²) in [7, 11) is 1.77. The molecule has 0 amide bonds. The number of nitrogens with zero attached hydrogens (tertiary/aromatic N) is 1. The maximum atomic E-state index is 12.1. The van der Waals surface area contributed by atoms with Gasteiger partial charge in [0.05, 0.1) is 11.5 Å². The number of likely N-dealkylation sites (tertiary alicyclic amines) is 1.